The Morgan fingerprint density at radius 1 is 1.14 bits per heavy atom. The number of rotatable bonds is 9. The van der Waals surface area contributed by atoms with E-state index in [0.29, 0.717) is 18.1 Å². The van der Waals surface area contributed by atoms with E-state index in [1.807, 2.05) is 0 Å². The van der Waals surface area contributed by atoms with Gasteiger partial charge in [0.15, 0.2) is 0 Å². The maximum atomic E-state index is 6.45. The van der Waals surface area contributed by atoms with Gasteiger partial charge in [-0.1, -0.05) is 54.4 Å². The van der Waals surface area contributed by atoms with E-state index in [0.717, 1.165) is 30.9 Å². The zero-order valence-electron chi connectivity index (χ0n) is 15.3. The van der Waals surface area contributed by atoms with E-state index in [-0.39, 0.29) is 0 Å². The van der Waals surface area contributed by atoms with E-state index in [1.165, 1.54) is 32.1 Å². The van der Waals surface area contributed by atoms with Gasteiger partial charge in [-0.05, 0) is 49.5 Å². The van der Waals surface area contributed by atoms with Gasteiger partial charge >= 0.3 is 0 Å². The molecule has 1 saturated carbocycles. The molecule has 0 spiro atoms. The zero-order valence-corrected chi connectivity index (χ0v) is 15.3. The number of ether oxygens (including phenoxy) is 1. The first-order valence-electron chi connectivity index (χ1n) is 9.34. The summed E-state index contributed by atoms with van der Waals surface area (Å²) in [5.74, 6) is 3.02. The van der Waals surface area contributed by atoms with Crippen LogP contribution < -0.4 is 5.32 Å². The molecule has 1 fully saturated rings. The van der Waals surface area contributed by atoms with Gasteiger partial charge in [0.2, 0.25) is 0 Å². The number of hydrogen-bond donors (Lipinski definition) is 1. The van der Waals surface area contributed by atoms with Crippen LogP contribution in [0.5, 0.6) is 0 Å². The second-order valence-corrected chi connectivity index (χ2v) is 7.64. The van der Waals surface area contributed by atoms with Gasteiger partial charge in [0, 0.05) is 6.04 Å². The highest BCUT2D eigenvalue weighted by Gasteiger charge is 2.32. The summed E-state index contributed by atoms with van der Waals surface area (Å²) < 4.78 is 6.45. The maximum Gasteiger partial charge on any atom is 0.0626 e. The molecule has 1 aliphatic rings. The van der Waals surface area contributed by atoms with Gasteiger partial charge in [-0.15, -0.1) is 0 Å². The summed E-state index contributed by atoms with van der Waals surface area (Å²) in [5, 5.41) is 3.69. The van der Waals surface area contributed by atoms with Gasteiger partial charge < -0.3 is 10.1 Å². The van der Waals surface area contributed by atoms with Crippen LogP contribution in [0.2, 0.25) is 0 Å². The van der Waals surface area contributed by atoms with E-state index in [1.54, 1.807) is 0 Å². The zero-order chi connectivity index (χ0) is 15.8. The van der Waals surface area contributed by atoms with Crippen molar-refractivity contribution in [1.29, 1.82) is 0 Å². The smallest absolute Gasteiger partial charge is 0.0626 e. The maximum absolute atomic E-state index is 6.45. The normalized spacial score (nSPS) is 29.6. The molecule has 0 heterocycles. The van der Waals surface area contributed by atoms with Crippen LogP contribution in [-0.2, 0) is 4.74 Å². The minimum Gasteiger partial charge on any atom is -0.376 e. The Labute approximate surface area is 133 Å². The fourth-order valence-corrected chi connectivity index (χ4v) is 3.57. The Balaban J connectivity index is 2.54. The van der Waals surface area contributed by atoms with Crippen molar-refractivity contribution in [3.63, 3.8) is 0 Å². The summed E-state index contributed by atoms with van der Waals surface area (Å²) in [5.41, 5.74) is 0. The van der Waals surface area contributed by atoms with E-state index in [9.17, 15) is 0 Å². The molecule has 2 nitrogen and oxygen atoms in total. The van der Waals surface area contributed by atoms with Crippen molar-refractivity contribution in [3.8, 4) is 0 Å². The minimum atomic E-state index is 0.476. The summed E-state index contributed by atoms with van der Waals surface area (Å²) in [6, 6.07) is 0.514. The van der Waals surface area contributed by atoms with Gasteiger partial charge in [0.1, 0.15) is 0 Å². The molecule has 126 valence electrons. The predicted octanol–water partition coefficient (Wildman–Crippen LogP) is 4.88. The average Bonchev–Trinajstić information content (AvgIpc) is 2.46. The van der Waals surface area contributed by atoms with Crippen molar-refractivity contribution in [2.24, 2.45) is 23.7 Å². The van der Waals surface area contributed by atoms with Gasteiger partial charge in [-0.3, -0.25) is 0 Å². The lowest BCUT2D eigenvalue weighted by molar-refractivity contribution is -0.0503. The lowest BCUT2D eigenvalue weighted by Gasteiger charge is -2.38. The number of nitrogens with one attached hydrogen (secondary N) is 1. The van der Waals surface area contributed by atoms with Crippen LogP contribution in [0.1, 0.15) is 73.6 Å². The molecule has 5 unspecified atom stereocenters. The lowest BCUT2D eigenvalue weighted by atomic mass is 9.75. The average molecular weight is 298 g/mol. The number of hydrogen-bond acceptors (Lipinski definition) is 2. The molecule has 0 radical (unpaired) electrons. The summed E-state index contributed by atoms with van der Waals surface area (Å²) in [6.07, 6.45) is 6.88. The third kappa shape index (κ3) is 6.28. The molecule has 21 heavy (non-hydrogen) atoms. The van der Waals surface area contributed by atoms with Crippen molar-refractivity contribution in [1.82, 2.24) is 5.32 Å². The van der Waals surface area contributed by atoms with Gasteiger partial charge in [-0.2, -0.15) is 0 Å². The molecule has 0 aromatic rings. The first-order valence-corrected chi connectivity index (χ1v) is 9.34. The van der Waals surface area contributed by atoms with Crippen molar-refractivity contribution >= 4 is 0 Å². The standard InChI is InChI=1S/C19H39NO/c1-7-11-20-18(16(6)8-2)13-21-19-12-15(5)9-10-17(19)14(3)4/h14-20H,7-13H2,1-6H3. The van der Waals surface area contributed by atoms with E-state index in [4.69, 9.17) is 4.74 Å². The van der Waals surface area contributed by atoms with E-state index >= 15 is 0 Å². The fourth-order valence-electron chi connectivity index (χ4n) is 3.57. The predicted molar refractivity (Wildman–Crippen MR) is 92.6 cm³/mol. The highest BCUT2D eigenvalue weighted by Crippen LogP contribution is 2.35. The quantitative estimate of drug-likeness (QED) is 0.655. The molecule has 1 rings (SSSR count). The van der Waals surface area contributed by atoms with Crippen molar-refractivity contribution in [2.45, 2.75) is 85.8 Å². The van der Waals surface area contributed by atoms with Crippen LogP contribution in [0.3, 0.4) is 0 Å². The molecule has 1 N–H and O–H groups in total. The Kier molecular flexibility index (Phi) is 8.89. The minimum absolute atomic E-state index is 0.476. The largest absolute Gasteiger partial charge is 0.376 e. The monoisotopic (exact) mass is 297 g/mol. The molecular formula is C19H39NO. The van der Waals surface area contributed by atoms with Gasteiger partial charge in [0.05, 0.1) is 12.7 Å². The third-order valence-corrected chi connectivity index (χ3v) is 5.44. The summed E-state index contributed by atoms with van der Waals surface area (Å²) in [4.78, 5) is 0. The summed E-state index contributed by atoms with van der Waals surface area (Å²) >= 11 is 0. The van der Waals surface area contributed by atoms with Crippen LogP contribution >= 0.6 is 0 Å². The molecule has 0 aromatic carbocycles. The second kappa shape index (κ2) is 9.84. The lowest BCUT2D eigenvalue weighted by Crippen LogP contribution is -2.43. The topological polar surface area (TPSA) is 21.3 Å². The Hall–Kier alpha value is -0.0800. The molecule has 0 aliphatic heterocycles. The van der Waals surface area contributed by atoms with Gasteiger partial charge in [0.25, 0.3) is 0 Å². The molecule has 5 atom stereocenters. The molecular weight excluding hydrogens is 258 g/mol. The van der Waals surface area contributed by atoms with Crippen molar-refractivity contribution in [2.75, 3.05) is 13.2 Å². The Morgan fingerprint density at radius 3 is 2.43 bits per heavy atom. The highest BCUT2D eigenvalue weighted by molar-refractivity contribution is 4.82. The van der Waals surface area contributed by atoms with Crippen molar-refractivity contribution in [3.05, 3.63) is 0 Å². The first-order chi connectivity index (χ1) is 9.99. The molecule has 0 bridgehead atoms. The fraction of sp³-hybridized carbons (Fsp3) is 1.00. The Morgan fingerprint density at radius 2 is 1.86 bits per heavy atom. The van der Waals surface area contributed by atoms with Crippen LogP contribution in [-0.4, -0.2) is 25.3 Å². The third-order valence-electron chi connectivity index (χ3n) is 5.44. The molecule has 0 aromatic heterocycles. The molecule has 1 aliphatic carbocycles. The first kappa shape index (κ1) is 19.0. The van der Waals surface area contributed by atoms with Crippen LogP contribution in [0.4, 0.5) is 0 Å². The molecule has 2 heteroatoms. The molecule has 0 amide bonds. The molecule has 0 saturated heterocycles. The van der Waals surface area contributed by atoms with Crippen LogP contribution in [0.25, 0.3) is 0 Å². The SMILES string of the molecule is CCCNC(COC1CC(C)CCC1C(C)C)C(C)CC. The second-order valence-electron chi connectivity index (χ2n) is 7.64. The van der Waals surface area contributed by atoms with Crippen molar-refractivity contribution < 1.29 is 4.74 Å². The van der Waals surface area contributed by atoms with E-state index in [2.05, 4.69) is 46.9 Å². The van der Waals surface area contributed by atoms with E-state index < -0.39 is 0 Å². The van der Waals surface area contributed by atoms with Gasteiger partial charge in [-0.25, -0.2) is 0 Å². The highest BCUT2D eigenvalue weighted by atomic mass is 16.5. The summed E-state index contributed by atoms with van der Waals surface area (Å²) in [7, 11) is 0. The Bertz CT molecular complexity index is 266. The summed E-state index contributed by atoms with van der Waals surface area (Å²) in [6.45, 7) is 16.0. The van der Waals surface area contributed by atoms with Crippen LogP contribution in [0.15, 0.2) is 0 Å². The van der Waals surface area contributed by atoms with Crippen LogP contribution in [0, 0.1) is 23.7 Å².